The van der Waals surface area contributed by atoms with E-state index in [9.17, 15) is 19.8 Å². The standard InChI is InChI=1S/C25H14Br4O6/c1-34-19-5-2-11(6-15(19)27)7-20-21(12-3-4-18(30)14(26)8-12)22(25(33)35-20)23(31)13-9-16(28)24(32)17(29)10-13/h2-10,30,32H,1H3. The van der Waals surface area contributed by atoms with Gasteiger partial charge in [-0.15, -0.1) is 0 Å². The van der Waals surface area contributed by atoms with Crippen LogP contribution in [0.25, 0.3) is 11.6 Å². The molecule has 3 aromatic carbocycles. The van der Waals surface area contributed by atoms with E-state index in [0.717, 1.165) is 0 Å². The second kappa shape index (κ2) is 10.3. The van der Waals surface area contributed by atoms with Crippen molar-refractivity contribution in [1.82, 2.24) is 0 Å². The first-order chi connectivity index (χ1) is 16.6. The van der Waals surface area contributed by atoms with Crippen molar-refractivity contribution in [2.75, 3.05) is 7.11 Å². The molecular formula is C25H14Br4O6. The number of phenolic OH excluding ortho intramolecular Hbond substituents is 2. The number of carbonyl (C=O) groups is 2. The molecular weight excluding hydrogens is 716 g/mol. The summed E-state index contributed by atoms with van der Waals surface area (Å²) in [7, 11) is 1.55. The molecule has 0 aliphatic carbocycles. The fourth-order valence-electron chi connectivity index (χ4n) is 3.45. The van der Waals surface area contributed by atoms with Gasteiger partial charge in [-0.2, -0.15) is 0 Å². The molecule has 1 aliphatic rings. The number of hydrogen-bond donors (Lipinski definition) is 2. The largest absolute Gasteiger partial charge is 0.507 e. The Morgan fingerprint density at radius 2 is 1.60 bits per heavy atom. The lowest BCUT2D eigenvalue weighted by Crippen LogP contribution is -2.11. The highest BCUT2D eigenvalue weighted by atomic mass is 79.9. The Hall–Kier alpha value is -2.40. The smallest absolute Gasteiger partial charge is 0.348 e. The minimum absolute atomic E-state index is 0.00322. The van der Waals surface area contributed by atoms with Crippen molar-refractivity contribution in [2.45, 2.75) is 0 Å². The molecule has 0 unspecified atom stereocenters. The summed E-state index contributed by atoms with van der Waals surface area (Å²) in [6.07, 6.45) is 1.64. The molecule has 0 aromatic heterocycles. The summed E-state index contributed by atoms with van der Waals surface area (Å²) < 4.78 is 12.5. The van der Waals surface area contributed by atoms with Crippen molar-refractivity contribution in [1.29, 1.82) is 0 Å². The Bertz CT molecular complexity index is 1440. The van der Waals surface area contributed by atoms with Crippen molar-refractivity contribution < 1.29 is 29.3 Å². The van der Waals surface area contributed by atoms with Gasteiger partial charge in [0.1, 0.15) is 28.6 Å². The molecule has 0 atom stereocenters. The number of methoxy groups -OCH3 is 1. The number of halogens is 4. The number of esters is 1. The third-order valence-corrected chi connectivity index (χ3v) is 7.58. The quantitative estimate of drug-likeness (QED) is 0.162. The molecule has 6 nitrogen and oxygen atoms in total. The van der Waals surface area contributed by atoms with Gasteiger partial charge in [0.05, 0.1) is 25.0 Å². The highest BCUT2D eigenvalue weighted by Crippen LogP contribution is 2.41. The molecule has 0 saturated carbocycles. The van der Waals surface area contributed by atoms with Gasteiger partial charge in [-0.25, -0.2) is 4.79 Å². The maximum atomic E-state index is 13.5. The van der Waals surface area contributed by atoms with Gasteiger partial charge in [-0.05, 0) is 117 Å². The number of hydrogen-bond acceptors (Lipinski definition) is 6. The number of rotatable bonds is 5. The third kappa shape index (κ3) is 5.11. The Kier molecular flexibility index (Phi) is 7.56. The minimum atomic E-state index is -0.812. The summed E-state index contributed by atoms with van der Waals surface area (Å²) in [4.78, 5) is 26.6. The van der Waals surface area contributed by atoms with Crippen LogP contribution in [0.5, 0.6) is 17.2 Å². The summed E-state index contributed by atoms with van der Waals surface area (Å²) in [5.41, 5.74) is 1.44. The van der Waals surface area contributed by atoms with Crippen molar-refractivity contribution in [3.8, 4) is 17.2 Å². The second-order valence-corrected chi connectivity index (χ2v) is 10.7. The number of ketones is 1. The third-order valence-electron chi connectivity index (χ3n) is 5.12. The first-order valence-corrected chi connectivity index (χ1v) is 13.0. The van der Waals surface area contributed by atoms with Gasteiger partial charge < -0.3 is 19.7 Å². The first kappa shape index (κ1) is 25.7. The lowest BCUT2D eigenvalue weighted by molar-refractivity contribution is -0.132. The van der Waals surface area contributed by atoms with E-state index in [1.54, 1.807) is 43.5 Å². The van der Waals surface area contributed by atoms with Crippen LogP contribution < -0.4 is 4.74 Å². The minimum Gasteiger partial charge on any atom is -0.507 e. The number of Topliss-reactive ketones (excluding diaryl/α,β-unsaturated/α-hetero) is 1. The van der Waals surface area contributed by atoms with E-state index < -0.39 is 11.8 Å². The number of carbonyl (C=O) groups excluding carboxylic acids is 2. The van der Waals surface area contributed by atoms with E-state index in [1.165, 1.54) is 18.2 Å². The molecule has 0 fully saturated rings. The van der Waals surface area contributed by atoms with Crippen LogP contribution in [0.1, 0.15) is 21.5 Å². The van der Waals surface area contributed by atoms with Gasteiger partial charge in [0.15, 0.2) is 0 Å². The number of allylic oxidation sites excluding steroid dienone is 1. The average Bonchev–Trinajstić information content (AvgIpc) is 3.13. The molecule has 0 radical (unpaired) electrons. The van der Waals surface area contributed by atoms with Crippen LogP contribution in [0.3, 0.4) is 0 Å². The zero-order valence-electron chi connectivity index (χ0n) is 17.7. The Labute approximate surface area is 233 Å². The van der Waals surface area contributed by atoms with Crippen LogP contribution >= 0.6 is 63.7 Å². The summed E-state index contributed by atoms with van der Waals surface area (Å²) in [5.74, 6) is -0.664. The van der Waals surface area contributed by atoms with Gasteiger partial charge in [0.2, 0.25) is 5.78 Å². The van der Waals surface area contributed by atoms with Gasteiger partial charge in [-0.3, -0.25) is 4.79 Å². The Balaban J connectivity index is 1.93. The summed E-state index contributed by atoms with van der Waals surface area (Å²) in [6, 6.07) is 12.8. The van der Waals surface area contributed by atoms with Gasteiger partial charge in [-0.1, -0.05) is 12.1 Å². The summed E-state index contributed by atoms with van der Waals surface area (Å²) >= 11 is 13.2. The number of aromatic hydroxyl groups is 2. The average molecular weight is 730 g/mol. The fraction of sp³-hybridized carbons (Fsp3) is 0.0400. The molecule has 0 bridgehead atoms. The number of benzene rings is 3. The van der Waals surface area contributed by atoms with Crippen molar-refractivity contribution in [2.24, 2.45) is 0 Å². The van der Waals surface area contributed by atoms with E-state index in [0.29, 0.717) is 25.8 Å². The van der Waals surface area contributed by atoms with E-state index >= 15 is 0 Å². The zero-order valence-corrected chi connectivity index (χ0v) is 24.1. The van der Waals surface area contributed by atoms with Gasteiger partial charge in [0.25, 0.3) is 0 Å². The molecule has 35 heavy (non-hydrogen) atoms. The second-order valence-electron chi connectivity index (χ2n) is 7.33. The van der Waals surface area contributed by atoms with Crippen molar-refractivity contribution in [3.63, 3.8) is 0 Å². The number of cyclic esters (lactones) is 1. The number of ether oxygens (including phenoxy) is 2. The highest BCUT2D eigenvalue weighted by molar-refractivity contribution is 9.11. The SMILES string of the molecule is COc1ccc(C=C2OC(=O)C(C(=O)c3cc(Br)c(O)c(Br)c3)=C2c2ccc(O)c(Br)c2)cc1Br. The maximum absolute atomic E-state index is 13.5. The van der Waals surface area contributed by atoms with Gasteiger partial charge in [0, 0.05) is 11.1 Å². The lowest BCUT2D eigenvalue weighted by atomic mass is 9.93. The fourth-order valence-corrected chi connectivity index (χ4v) is 5.57. The molecule has 0 saturated heterocycles. The maximum Gasteiger partial charge on any atom is 0.348 e. The molecule has 1 heterocycles. The van der Waals surface area contributed by atoms with Crippen LogP contribution in [-0.4, -0.2) is 29.1 Å². The predicted molar refractivity (Wildman–Crippen MR) is 145 cm³/mol. The van der Waals surface area contributed by atoms with Gasteiger partial charge >= 0.3 is 5.97 Å². The van der Waals surface area contributed by atoms with E-state index in [2.05, 4.69) is 63.7 Å². The topological polar surface area (TPSA) is 93.1 Å². The molecule has 0 amide bonds. The Morgan fingerprint density at radius 1 is 0.914 bits per heavy atom. The molecule has 1 aliphatic heterocycles. The molecule has 3 aromatic rings. The van der Waals surface area contributed by atoms with E-state index in [1.807, 2.05) is 0 Å². The molecule has 0 spiro atoms. The summed E-state index contributed by atoms with van der Waals surface area (Å²) in [6.45, 7) is 0. The number of phenols is 2. The first-order valence-electron chi connectivity index (χ1n) is 9.84. The molecule has 10 heteroatoms. The van der Waals surface area contributed by atoms with Crippen LogP contribution in [0, 0.1) is 0 Å². The van der Waals surface area contributed by atoms with Crippen LogP contribution in [0.4, 0.5) is 0 Å². The molecule has 2 N–H and O–H groups in total. The highest BCUT2D eigenvalue weighted by Gasteiger charge is 2.36. The predicted octanol–water partition coefficient (Wildman–Crippen LogP) is 7.39. The molecule has 178 valence electrons. The normalized spacial score (nSPS) is 14.4. The Morgan fingerprint density at radius 3 is 2.20 bits per heavy atom. The van der Waals surface area contributed by atoms with Crippen LogP contribution in [-0.2, 0) is 9.53 Å². The zero-order chi connectivity index (χ0) is 25.4. The van der Waals surface area contributed by atoms with Crippen LogP contribution in [0.15, 0.2) is 77.8 Å². The molecule has 4 rings (SSSR count). The van der Waals surface area contributed by atoms with Crippen molar-refractivity contribution in [3.05, 3.63) is 94.4 Å². The monoisotopic (exact) mass is 726 g/mol. The van der Waals surface area contributed by atoms with E-state index in [4.69, 9.17) is 9.47 Å². The lowest BCUT2D eigenvalue weighted by Gasteiger charge is -2.09. The van der Waals surface area contributed by atoms with Crippen molar-refractivity contribution >= 4 is 87.1 Å². The van der Waals surface area contributed by atoms with Crippen LogP contribution in [0.2, 0.25) is 0 Å². The summed E-state index contributed by atoms with van der Waals surface area (Å²) in [5, 5.41) is 20.0. The van der Waals surface area contributed by atoms with E-state index in [-0.39, 0.29) is 42.9 Å².